The lowest BCUT2D eigenvalue weighted by Crippen LogP contribution is -1.93. The Hall–Kier alpha value is -2.14. The second kappa shape index (κ2) is 4.59. The Bertz CT molecular complexity index is 526. The van der Waals surface area contributed by atoms with E-state index < -0.39 is 0 Å². The highest BCUT2D eigenvalue weighted by Gasteiger charge is 2.04. The van der Waals surface area contributed by atoms with Gasteiger partial charge in [0, 0.05) is 6.42 Å². The molecule has 0 aliphatic heterocycles. The van der Waals surface area contributed by atoms with Crippen LogP contribution in [0.3, 0.4) is 0 Å². The molecule has 0 bridgehead atoms. The van der Waals surface area contributed by atoms with E-state index in [1.54, 1.807) is 12.1 Å². The molecule has 0 fully saturated rings. The van der Waals surface area contributed by atoms with Crippen molar-refractivity contribution in [3.8, 4) is 6.07 Å². The van der Waals surface area contributed by atoms with E-state index in [9.17, 15) is 4.39 Å². The molecule has 16 heavy (non-hydrogen) atoms. The summed E-state index contributed by atoms with van der Waals surface area (Å²) < 4.78 is 13.6. The van der Waals surface area contributed by atoms with Crippen molar-refractivity contribution in [1.29, 1.82) is 5.26 Å². The lowest BCUT2D eigenvalue weighted by Gasteiger charge is -2.03. The van der Waals surface area contributed by atoms with Crippen LogP contribution in [0.25, 0.3) is 0 Å². The lowest BCUT2D eigenvalue weighted by atomic mass is 10.0. The van der Waals surface area contributed by atoms with E-state index >= 15 is 0 Å². The molecule has 2 aromatic rings. The Balaban J connectivity index is 2.27. The van der Waals surface area contributed by atoms with Crippen molar-refractivity contribution in [1.82, 2.24) is 0 Å². The summed E-state index contributed by atoms with van der Waals surface area (Å²) in [5.41, 5.74) is 2.03. The van der Waals surface area contributed by atoms with Gasteiger partial charge in [0.05, 0.1) is 11.6 Å². The SMILES string of the molecule is N#Cc1ccc(Cc2ccccc2)c(F)c1. The number of nitrogens with zero attached hydrogens (tertiary/aromatic N) is 1. The van der Waals surface area contributed by atoms with Gasteiger partial charge in [-0.05, 0) is 23.3 Å². The molecule has 0 atom stereocenters. The van der Waals surface area contributed by atoms with Crippen molar-refractivity contribution < 1.29 is 4.39 Å². The second-order valence-corrected chi connectivity index (χ2v) is 3.58. The van der Waals surface area contributed by atoms with Crippen LogP contribution >= 0.6 is 0 Å². The molecule has 0 saturated heterocycles. The summed E-state index contributed by atoms with van der Waals surface area (Å²) in [6.07, 6.45) is 0.554. The molecule has 0 radical (unpaired) electrons. The van der Waals surface area contributed by atoms with Crippen molar-refractivity contribution in [2.24, 2.45) is 0 Å². The quantitative estimate of drug-likeness (QED) is 0.747. The average molecular weight is 211 g/mol. The Labute approximate surface area is 93.8 Å². The van der Waals surface area contributed by atoms with Gasteiger partial charge < -0.3 is 0 Å². The summed E-state index contributed by atoms with van der Waals surface area (Å²) in [4.78, 5) is 0. The summed E-state index contributed by atoms with van der Waals surface area (Å²) in [5, 5.41) is 8.63. The van der Waals surface area contributed by atoms with Crippen LogP contribution in [0, 0.1) is 17.1 Å². The molecule has 0 aromatic heterocycles. The van der Waals surface area contributed by atoms with Gasteiger partial charge in [0.2, 0.25) is 0 Å². The summed E-state index contributed by atoms with van der Waals surface area (Å²) >= 11 is 0. The van der Waals surface area contributed by atoms with Crippen molar-refractivity contribution in [2.75, 3.05) is 0 Å². The smallest absolute Gasteiger partial charge is 0.128 e. The Kier molecular flexibility index (Phi) is 2.98. The van der Waals surface area contributed by atoms with Crippen molar-refractivity contribution >= 4 is 0 Å². The van der Waals surface area contributed by atoms with E-state index in [1.807, 2.05) is 36.4 Å². The first-order valence-electron chi connectivity index (χ1n) is 5.02. The largest absolute Gasteiger partial charge is 0.207 e. The summed E-state index contributed by atoms with van der Waals surface area (Å²) in [6.45, 7) is 0. The first-order valence-corrected chi connectivity index (χ1v) is 5.02. The van der Waals surface area contributed by atoms with Crippen molar-refractivity contribution in [2.45, 2.75) is 6.42 Å². The van der Waals surface area contributed by atoms with E-state index in [2.05, 4.69) is 0 Å². The fourth-order valence-electron chi connectivity index (χ4n) is 1.58. The van der Waals surface area contributed by atoms with Crippen LogP contribution in [0.4, 0.5) is 4.39 Å². The molecule has 0 amide bonds. The third-order valence-electron chi connectivity index (χ3n) is 2.42. The van der Waals surface area contributed by atoms with Gasteiger partial charge in [0.15, 0.2) is 0 Å². The van der Waals surface area contributed by atoms with Gasteiger partial charge in [0.25, 0.3) is 0 Å². The standard InChI is InChI=1S/C14H10FN/c15-14-9-12(10-16)6-7-13(14)8-11-4-2-1-3-5-11/h1-7,9H,8H2. The van der Waals surface area contributed by atoms with Gasteiger partial charge in [-0.1, -0.05) is 36.4 Å². The fraction of sp³-hybridized carbons (Fsp3) is 0.0714. The van der Waals surface area contributed by atoms with Gasteiger partial charge in [-0.2, -0.15) is 5.26 Å². The molecular formula is C14H10FN. The summed E-state index contributed by atoms with van der Waals surface area (Å²) in [6, 6.07) is 16.2. The number of rotatable bonds is 2. The zero-order valence-corrected chi connectivity index (χ0v) is 8.65. The summed E-state index contributed by atoms with van der Waals surface area (Å²) in [5.74, 6) is -0.317. The Morgan fingerprint density at radius 1 is 1.06 bits per heavy atom. The molecule has 0 heterocycles. The van der Waals surface area contributed by atoms with Crippen LogP contribution < -0.4 is 0 Å². The fourth-order valence-corrected chi connectivity index (χ4v) is 1.58. The highest BCUT2D eigenvalue weighted by Crippen LogP contribution is 2.14. The molecule has 0 saturated carbocycles. The normalized spacial score (nSPS) is 9.75. The highest BCUT2D eigenvalue weighted by molar-refractivity contribution is 5.35. The third kappa shape index (κ3) is 2.26. The molecule has 0 spiro atoms. The molecule has 0 unspecified atom stereocenters. The van der Waals surface area contributed by atoms with Gasteiger partial charge in [-0.25, -0.2) is 4.39 Å². The minimum Gasteiger partial charge on any atom is -0.207 e. The van der Waals surface area contributed by atoms with Gasteiger partial charge >= 0.3 is 0 Å². The molecular weight excluding hydrogens is 201 g/mol. The van der Waals surface area contributed by atoms with Crippen LogP contribution in [-0.4, -0.2) is 0 Å². The van der Waals surface area contributed by atoms with Crippen LogP contribution in [0.2, 0.25) is 0 Å². The molecule has 0 aliphatic carbocycles. The van der Waals surface area contributed by atoms with Crippen LogP contribution in [-0.2, 0) is 6.42 Å². The van der Waals surface area contributed by atoms with Crippen LogP contribution in [0.1, 0.15) is 16.7 Å². The van der Waals surface area contributed by atoms with Gasteiger partial charge in [0.1, 0.15) is 5.82 Å². The first-order chi connectivity index (χ1) is 7.79. The van der Waals surface area contributed by atoms with Gasteiger partial charge in [-0.3, -0.25) is 0 Å². The Morgan fingerprint density at radius 3 is 2.44 bits per heavy atom. The van der Waals surface area contributed by atoms with E-state index in [1.165, 1.54) is 6.07 Å². The zero-order valence-electron chi connectivity index (χ0n) is 8.65. The lowest BCUT2D eigenvalue weighted by molar-refractivity contribution is 0.613. The monoisotopic (exact) mass is 211 g/mol. The zero-order chi connectivity index (χ0) is 11.4. The topological polar surface area (TPSA) is 23.8 Å². The third-order valence-corrected chi connectivity index (χ3v) is 2.42. The van der Waals surface area contributed by atoms with Gasteiger partial charge in [-0.15, -0.1) is 0 Å². The number of hydrogen-bond donors (Lipinski definition) is 0. The molecule has 0 N–H and O–H groups in total. The molecule has 0 aliphatic rings. The predicted octanol–water partition coefficient (Wildman–Crippen LogP) is 3.29. The van der Waals surface area contributed by atoms with E-state index in [0.717, 1.165) is 5.56 Å². The van der Waals surface area contributed by atoms with Crippen LogP contribution in [0.15, 0.2) is 48.5 Å². The number of halogens is 1. The number of benzene rings is 2. The minimum atomic E-state index is -0.317. The highest BCUT2D eigenvalue weighted by atomic mass is 19.1. The van der Waals surface area contributed by atoms with E-state index in [-0.39, 0.29) is 5.82 Å². The van der Waals surface area contributed by atoms with Crippen LogP contribution in [0.5, 0.6) is 0 Å². The number of hydrogen-bond acceptors (Lipinski definition) is 1. The predicted molar refractivity (Wildman–Crippen MR) is 60.4 cm³/mol. The second-order valence-electron chi connectivity index (χ2n) is 3.58. The molecule has 1 nitrogen and oxygen atoms in total. The Morgan fingerprint density at radius 2 is 1.81 bits per heavy atom. The maximum absolute atomic E-state index is 13.6. The minimum absolute atomic E-state index is 0.317. The molecule has 2 rings (SSSR count). The maximum atomic E-state index is 13.6. The van der Waals surface area contributed by atoms with Crippen molar-refractivity contribution in [3.05, 3.63) is 71.0 Å². The molecule has 2 heteroatoms. The van der Waals surface area contributed by atoms with E-state index in [0.29, 0.717) is 17.5 Å². The first kappa shape index (κ1) is 10.4. The maximum Gasteiger partial charge on any atom is 0.128 e. The van der Waals surface area contributed by atoms with E-state index in [4.69, 9.17) is 5.26 Å². The summed E-state index contributed by atoms with van der Waals surface area (Å²) in [7, 11) is 0. The number of nitriles is 1. The average Bonchev–Trinajstić information content (AvgIpc) is 2.33. The molecule has 2 aromatic carbocycles. The van der Waals surface area contributed by atoms with Crippen molar-refractivity contribution in [3.63, 3.8) is 0 Å². The molecule has 78 valence electrons.